The number of nitrogens with zero attached hydrogens (tertiary/aromatic N) is 1. The number of pyridine rings is 1. The minimum absolute atomic E-state index is 0.220. The van der Waals surface area contributed by atoms with E-state index in [0.29, 0.717) is 10.2 Å². The quantitative estimate of drug-likeness (QED) is 0.930. The summed E-state index contributed by atoms with van der Waals surface area (Å²) in [7, 11) is -3.58. The smallest absolute Gasteiger partial charge is 0.242 e. The zero-order chi connectivity index (χ0) is 13.9. The fourth-order valence-corrected chi connectivity index (χ4v) is 3.87. The number of halogens is 1. The Morgan fingerprint density at radius 2 is 1.84 bits per heavy atom. The molecule has 19 heavy (non-hydrogen) atoms. The van der Waals surface area contributed by atoms with Crippen molar-refractivity contribution >= 4 is 26.0 Å². The molecule has 0 bridgehead atoms. The molecule has 100 valence electrons. The van der Waals surface area contributed by atoms with E-state index < -0.39 is 16.1 Å². The highest BCUT2D eigenvalue weighted by atomic mass is 79.9. The predicted octanol–water partition coefficient (Wildman–Crippen LogP) is 2.88. The fourth-order valence-electron chi connectivity index (χ4n) is 1.65. The molecule has 1 N–H and O–H groups in total. The molecule has 0 spiro atoms. The summed E-state index contributed by atoms with van der Waals surface area (Å²) in [6, 6.07) is 11.7. The van der Waals surface area contributed by atoms with Gasteiger partial charge in [-0.25, -0.2) is 13.1 Å². The van der Waals surface area contributed by atoms with E-state index in [1.807, 2.05) is 6.07 Å². The summed E-state index contributed by atoms with van der Waals surface area (Å²) >= 11 is 3.24. The first-order valence-electron chi connectivity index (χ1n) is 5.68. The van der Waals surface area contributed by atoms with Crippen molar-refractivity contribution in [3.63, 3.8) is 0 Å². The highest BCUT2D eigenvalue weighted by Gasteiger charge is 2.20. The van der Waals surface area contributed by atoms with Gasteiger partial charge < -0.3 is 0 Å². The van der Waals surface area contributed by atoms with E-state index in [1.165, 1.54) is 0 Å². The number of hydrogen-bond donors (Lipinski definition) is 1. The minimum Gasteiger partial charge on any atom is -0.260 e. The van der Waals surface area contributed by atoms with Gasteiger partial charge in [0, 0.05) is 10.7 Å². The van der Waals surface area contributed by atoms with E-state index >= 15 is 0 Å². The highest BCUT2D eigenvalue weighted by molar-refractivity contribution is 9.10. The van der Waals surface area contributed by atoms with E-state index in [9.17, 15) is 8.42 Å². The average Bonchev–Trinajstić information content (AvgIpc) is 2.39. The molecule has 2 aromatic rings. The number of sulfonamides is 1. The van der Waals surface area contributed by atoms with Gasteiger partial charge in [0.25, 0.3) is 0 Å². The standard InChI is InChI=1S/C13H13BrN2O2S/c1-10(12-7-4-5-9-15-12)16-19(17,18)13-8-3-2-6-11(13)14/h2-10,16H,1H3/t10-/m0/s1. The molecule has 0 saturated carbocycles. The molecule has 0 radical (unpaired) electrons. The number of aromatic nitrogens is 1. The van der Waals surface area contributed by atoms with Crippen molar-refractivity contribution in [2.75, 3.05) is 0 Å². The van der Waals surface area contributed by atoms with Crippen LogP contribution in [0.4, 0.5) is 0 Å². The minimum atomic E-state index is -3.58. The van der Waals surface area contributed by atoms with Gasteiger partial charge >= 0.3 is 0 Å². The molecule has 0 aliphatic rings. The van der Waals surface area contributed by atoms with Crippen LogP contribution in [-0.4, -0.2) is 13.4 Å². The van der Waals surface area contributed by atoms with E-state index in [0.717, 1.165) is 0 Å². The zero-order valence-electron chi connectivity index (χ0n) is 10.2. The largest absolute Gasteiger partial charge is 0.260 e. The van der Waals surface area contributed by atoms with E-state index in [1.54, 1.807) is 49.5 Å². The Hall–Kier alpha value is -1.24. The Balaban J connectivity index is 2.26. The van der Waals surface area contributed by atoms with Gasteiger partial charge in [-0.2, -0.15) is 0 Å². The van der Waals surface area contributed by atoms with Crippen LogP contribution in [0.15, 0.2) is 58.0 Å². The number of rotatable bonds is 4. The van der Waals surface area contributed by atoms with Crippen LogP contribution < -0.4 is 4.72 Å². The van der Waals surface area contributed by atoms with Gasteiger partial charge in [0.2, 0.25) is 10.0 Å². The van der Waals surface area contributed by atoms with Gasteiger partial charge in [-0.05, 0) is 47.1 Å². The summed E-state index contributed by atoms with van der Waals surface area (Å²) < 4.78 is 27.7. The van der Waals surface area contributed by atoms with Gasteiger partial charge in [0.15, 0.2) is 0 Å². The molecule has 1 atom stereocenters. The van der Waals surface area contributed by atoms with Crippen molar-refractivity contribution in [1.29, 1.82) is 0 Å². The van der Waals surface area contributed by atoms with Crippen molar-refractivity contribution < 1.29 is 8.42 Å². The first-order valence-corrected chi connectivity index (χ1v) is 7.96. The molecule has 0 fully saturated rings. The Bertz CT molecular complexity index is 659. The van der Waals surface area contributed by atoms with Crippen molar-refractivity contribution in [2.45, 2.75) is 17.9 Å². The third kappa shape index (κ3) is 3.40. The number of benzene rings is 1. The van der Waals surface area contributed by atoms with Gasteiger partial charge in [-0.15, -0.1) is 0 Å². The maximum Gasteiger partial charge on any atom is 0.242 e. The number of hydrogen-bond acceptors (Lipinski definition) is 3. The second-order valence-electron chi connectivity index (χ2n) is 4.03. The third-order valence-electron chi connectivity index (χ3n) is 2.59. The molecule has 0 saturated heterocycles. The molecular weight excluding hydrogens is 328 g/mol. The molecule has 4 nitrogen and oxygen atoms in total. The second-order valence-corrected chi connectivity index (χ2v) is 6.56. The van der Waals surface area contributed by atoms with Crippen LogP contribution in [0.5, 0.6) is 0 Å². The van der Waals surface area contributed by atoms with Gasteiger partial charge in [0.05, 0.1) is 16.6 Å². The van der Waals surface area contributed by atoms with Crippen LogP contribution in [0.1, 0.15) is 18.7 Å². The molecule has 0 amide bonds. The average molecular weight is 341 g/mol. The first kappa shape index (κ1) is 14.2. The monoisotopic (exact) mass is 340 g/mol. The van der Waals surface area contributed by atoms with Gasteiger partial charge in [-0.1, -0.05) is 18.2 Å². The summed E-state index contributed by atoms with van der Waals surface area (Å²) in [6.45, 7) is 1.76. The van der Waals surface area contributed by atoms with Crippen molar-refractivity contribution in [3.05, 3.63) is 58.8 Å². The van der Waals surface area contributed by atoms with Crippen LogP contribution in [0.25, 0.3) is 0 Å². The molecule has 1 aromatic heterocycles. The van der Waals surface area contributed by atoms with Gasteiger partial charge in [0.1, 0.15) is 0 Å². The van der Waals surface area contributed by atoms with Crippen LogP contribution in [-0.2, 0) is 10.0 Å². The molecule has 6 heteroatoms. The van der Waals surface area contributed by atoms with E-state index in [4.69, 9.17) is 0 Å². The van der Waals surface area contributed by atoms with Crippen LogP contribution in [0, 0.1) is 0 Å². The summed E-state index contributed by atoms with van der Waals surface area (Å²) in [5.41, 5.74) is 0.679. The summed E-state index contributed by atoms with van der Waals surface area (Å²) in [4.78, 5) is 4.36. The normalized spacial score (nSPS) is 13.2. The van der Waals surface area contributed by atoms with Crippen LogP contribution >= 0.6 is 15.9 Å². The Kier molecular flexibility index (Phi) is 4.34. The number of nitrogens with one attached hydrogen (secondary N) is 1. The summed E-state index contributed by atoms with van der Waals surface area (Å²) in [5.74, 6) is 0. The molecule has 1 heterocycles. The summed E-state index contributed by atoms with van der Waals surface area (Å²) in [5, 5.41) is 0. The lowest BCUT2D eigenvalue weighted by Crippen LogP contribution is -2.27. The van der Waals surface area contributed by atoms with Crippen molar-refractivity contribution in [1.82, 2.24) is 9.71 Å². The Morgan fingerprint density at radius 3 is 2.47 bits per heavy atom. The molecule has 0 unspecified atom stereocenters. The SMILES string of the molecule is C[C@H](NS(=O)(=O)c1ccccc1Br)c1ccccn1. The van der Waals surface area contributed by atoms with Crippen molar-refractivity contribution in [3.8, 4) is 0 Å². The summed E-state index contributed by atoms with van der Waals surface area (Å²) in [6.07, 6.45) is 1.64. The topological polar surface area (TPSA) is 59.1 Å². The zero-order valence-corrected chi connectivity index (χ0v) is 12.6. The van der Waals surface area contributed by atoms with Gasteiger partial charge in [-0.3, -0.25) is 4.98 Å². The predicted molar refractivity (Wildman–Crippen MR) is 77.1 cm³/mol. The lowest BCUT2D eigenvalue weighted by Gasteiger charge is -2.14. The molecule has 0 aliphatic heterocycles. The molecular formula is C13H13BrN2O2S. The second kappa shape index (κ2) is 5.81. The lowest BCUT2D eigenvalue weighted by atomic mass is 10.2. The van der Waals surface area contributed by atoms with E-state index in [-0.39, 0.29) is 4.90 Å². The maximum atomic E-state index is 12.3. The van der Waals surface area contributed by atoms with E-state index in [2.05, 4.69) is 25.6 Å². The molecule has 2 rings (SSSR count). The fraction of sp³-hybridized carbons (Fsp3) is 0.154. The van der Waals surface area contributed by atoms with Crippen LogP contribution in [0.2, 0.25) is 0 Å². The lowest BCUT2D eigenvalue weighted by molar-refractivity contribution is 0.563. The van der Waals surface area contributed by atoms with Crippen molar-refractivity contribution in [2.24, 2.45) is 0 Å². The highest BCUT2D eigenvalue weighted by Crippen LogP contribution is 2.22. The van der Waals surface area contributed by atoms with Crippen LogP contribution in [0.3, 0.4) is 0 Å². The molecule has 0 aliphatic carbocycles. The first-order chi connectivity index (χ1) is 9.00. The Labute approximate surface area is 121 Å². The maximum absolute atomic E-state index is 12.3. The Morgan fingerprint density at radius 1 is 1.16 bits per heavy atom. The molecule has 1 aromatic carbocycles. The third-order valence-corrected chi connectivity index (χ3v) is 5.14.